The number of benzene rings is 4. The molecule has 15 heteroatoms. The van der Waals surface area contributed by atoms with Gasteiger partial charge < -0.3 is 10.6 Å². The summed E-state index contributed by atoms with van der Waals surface area (Å²) in [5, 5.41) is 6.12. The van der Waals surface area contributed by atoms with Gasteiger partial charge in [0.15, 0.2) is 0 Å². The third kappa shape index (κ3) is 11.7. The Hall–Kier alpha value is -6.57. The van der Waals surface area contributed by atoms with E-state index < -0.39 is 17.5 Å². The lowest BCUT2D eigenvalue weighted by atomic mass is 10.1. The Morgan fingerprint density at radius 1 is 0.544 bits per heavy atom. The van der Waals surface area contributed by atoms with Crippen molar-refractivity contribution in [2.24, 2.45) is 0 Å². The molecule has 0 saturated heterocycles. The van der Waals surface area contributed by atoms with Crippen LogP contribution in [0.3, 0.4) is 0 Å². The van der Waals surface area contributed by atoms with Gasteiger partial charge in [-0.1, -0.05) is 59.6 Å². The van der Waals surface area contributed by atoms with E-state index in [4.69, 9.17) is 23.2 Å². The third-order valence-electron chi connectivity index (χ3n) is 7.95. The quantitative estimate of drug-likeness (QED) is 0.142. The van der Waals surface area contributed by atoms with Gasteiger partial charge in [-0.15, -0.1) is 0 Å². The second-order valence-corrected chi connectivity index (χ2v) is 13.1. The molecule has 0 aliphatic heterocycles. The smallest absolute Gasteiger partial charge is 0.229 e. The molecule has 57 heavy (non-hydrogen) atoms. The molecule has 0 atom stereocenters. The molecule has 0 bridgehead atoms. The van der Waals surface area contributed by atoms with Crippen molar-refractivity contribution >= 4 is 81.2 Å². The van der Waals surface area contributed by atoms with Gasteiger partial charge in [0, 0.05) is 59.8 Å². The first-order chi connectivity index (χ1) is 27.3. The Morgan fingerprint density at radius 3 is 1.44 bits per heavy atom. The first kappa shape index (κ1) is 41.6. The molecule has 4 aromatic carbocycles. The largest absolute Gasteiger partial charge is 0.326 e. The summed E-state index contributed by atoms with van der Waals surface area (Å²) < 4.78 is 40.3. The average molecular weight is 814 g/mol. The van der Waals surface area contributed by atoms with Crippen molar-refractivity contribution in [3.05, 3.63) is 166 Å². The van der Waals surface area contributed by atoms with Crippen molar-refractivity contribution in [3.63, 3.8) is 0 Å². The lowest BCUT2D eigenvalue weighted by Crippen LogP contribution is -2.24. The predicted octanol–water partition coefficient (Wildman–Crippen LogP) is 9.62. The summed E-state index contributed by atoms with van der Waals surface area (Å²) in [6.45, 7) is 2.68. The van der Waals surface area contributed by atoms with Crippen LogP contribution in [0.1, 0.15) is 25.0 Å². The molecule has 0 radical (unpaired) electrons. The number of amides is 4. The molecule has 2 N–H and O–H groups in total. The van der Waals surface area contributed by atoms with Crippen LogP contribution in [0.4, 0.5) is 47.6 Å². The Morgan fingerprint density at radius 2 is 1.00 bits per heavy atom. The zero-order valence-electron chi connectivity index (χ0n) is 30.4. The summed E-state index contributed by atoms with van der Waals surface area (Å²) in [4.78, 5) is 59.8. The minimum Gasteiger partial charge on any atom is -0.326 e. The molecule has 0 unspecified atom stereocenters. The van der Waals surface area contributed by atoms with Crippen LogP contribution in [0.2, 0.25) is 10.0 Å². The summed E-state index contributed by atoms with van der Waals surface area (Å²) in [5.41, 5.74) is 2.70. The standard InChI is InChI=1S/C21H16ClF2N3O2.C21H17ClFN3O2/c1-13(28)27(18-4-2-3-15(23)10-18)20-12-17(7-8-25-20)26-21(29)9-14-5-6-16(24)11-19(14)22;1-14(27)26(18-7-4-6-16(23)12-18)20-13-17(9-10-24-20)25-21(28)11-15-5-2-3-8-19(15)22/h2-8,10-12H,9H2,1H3,(H,25,26,29);2-10,12-13H,11H2,1H3,(H,24,25,28). The molecular weight excluding hydrogens is 780 g/mol. The molecule has 10 nitrogen and oxygen atoms in total. The lowest BCUT2D eigenvalue weighted by molar-refractivity contribution is -0.116. The molecule has 0 spiro atoms. The van der Waals surface area contributed by atoms with Gasteiger partial charge in [-0.25, -0.2) is 23.1 Å². The van der Waals surface area contributed by atoms with Gasteiger partial charge in [-0.3, -0.25) is 29.0 Å². The number of halogens is 5. The topological polar surface area (TPSA) is 125 Å². The number of rotatable bonds is 10. The highest BCUT2D eigenvalue weighted by atomic mass is 35.5. The third-order valence-corrected chi connectivity index (χ3v) is 8.67. The minimum atomic E-state index is -0.491. The average Bonchev–Trinajstić information content (AvgIpc) is 3.14. The van der Waals surface area contributed by atoms with Crippen LogP contribution in [-0.2, 0) is 32.0 Å². The van der Waals surface area contributed by atoms with Gasteiger partial charge in [0.05, 0.1) is 24.2 Å². The van der Waals surface area contributed by atoms with Gasteiger partial charge in [0.2, 0.25) is 23.6 Å². The van der Waals surface area contributed by atoms with Gasteiger partial charge in [0.25, 0.3) is 0 Å². The van der Waals surface area contributed by atoms with Crippen LogP contribution in [-0.4, -0.2) is 33.6 Å². The van der Waals surface area contributed by atoms with E-state index in [0.717, 1.165) is 6.07 Å². The molecule has 0 fully saturated rings. The van der Waals surface area contributed by atoms with E-state index in [2.05, 4.69) is 20.6 Å². The maximum atomic E-state index is 13.6. The van der Waals surface area contributed by atoms with Crippen LogP contribution < -0.4 is 20.4 Å². The molecular formula is C42H33Cl2F3N6O4. The second kappa shape index (κ2) is 19.3. The van der Waals surface area contributed by atoms with Gasteiger partial charge in [-0.05, 0) is 77.9 Å². The van der Waals surface area contributed by atoms with Crippen molar-refractivity contribution in [1.82, 2.24) is 9.97 Å². The number of nitrogens with one attached hydrogen (secondary N) is 2. The fourth-order valence-corrected chi connectivity index (χ4v) is 5.92. The number of hydrogen-bond acceptors (Lipinski definition) is 6. The highest BCUT2D eigenvalue weighted by molar-refractivity contribution is 6.32. The number of hydrogen-bond donors (Lipinski definition) is 2. The minimum absolute atomic E-state index is 0.0584. The maximum Gasteiger partial charge on any atom is 0.229 e. The second-order valence-electron chi connectivity index (χ2n) is 12.3. The van der Waals surface area contributed by atoms with Gasteiger partial charge in [-0.2, -0.15) is 0 Å². The van der Waals surface area contributed by atoms with Crippen LogP contribution in [0.25, 0.3) is 0 Å². The van der Waals surface area contributed by atoms with Gasteiger partial charge in [0.1, 0.15) is 29.1 Å². The summed E-state index contributed by atoms with van der Waals surface area (Å²) in [7, 11) is 0. The number of pyridine rings is 2. The summed E-state index contributed by atoms with van der Waals surface area (Å²) in [6, 6.07) is 28.3. The Labute approximate surface area is 335 Å². The molecule has 4 amide bonds. The summed E-state index contributed by atoms with van der Waals surface area (Å²) in [5.74, 6) is -2.29. The van der Waals surface area contributed by atoms with E-state index >= 15 is 0 Å². The molecule has 290 valence electrons. The van der Waals surface area contributed by atoms with E-state index in [9.17, 15) is 32.3 Å². The van der Waals surface area contributed by atoms with Gasteiger partial charge >= 0.3 is 0 Å². The fourth-order valence-electron chi connectivity index (χ4n) is 5.48. The maximum absolute atomic E-state index is 13.6. The number of nitrogens with zero attached hydrogens (tertiary/aromatic N) is 4. The number of carbonyl (C=O) groups is 4. The van der Waals surface area contributed by atoms with Crippen LogP contribution >= 0.6 is 23.2 Å². The summed E-state index contributed by atoms with van der Waals surface area (Å²) in [6.07, 6.45) is 2.94. The number of aromatic nitrogens is 2. The van der Waals surface area contributed by atoms with E-state index in [-0.39, 0.29) is 53.1 Å². The highest BCUT2D eigenvalue weighted by Gasteiger charge is 2.19. The van der Waals surface area contributed by atoms with Crippen molar-refractivity contribution in [2.45, 2.75) is 26.7 Å². The number of carbonyl (C=O) groups excluding carboxylic acids is 4. The first-order valence-electron chi connectivity index (χ1n) is 17.1. The predicted molar refractivity (Wildman–Crippen MR) is 214 cm³/mol. The van der Waals surface area contributed by atoms with E-state index in [1.54, 1.807) is 48.5 Å². The Bertz CT molecular complexity index is 2440. The van der Waals surface area contributed by atoms with E-state index in [1.165, 1.54) is 90.6 Å². The van der Waals surface area contributed by atoms with Crippen molar-refractivity contribution in [2.75, 3.05) is 20.4 Å². The van der Waals surface area contributed by atoms with Crippen LogP contribution in [0.15, 0.2) is 128 Å². The van der Waals surface area contributed by atoms with E-state index in [0.29, 0.717) is 38.9 Å². The Kier molecular flexibility index (Phi) is 14.1. The zero-order chi connectivity index (χ0) is 41.1. The van der Waals surface area contributed by atoms with Crippen molar-refractivity contribution < 1.29 is 32.3 Å². The van der Waals surface area contributed by atoms with Crippen LogP contribution in [0.5, 0.6) is 0 Å². The number of anilines is 6. The molecule has 0 saturated carbocycles. The molecule has 2 heterocycles. The highest BCUT2D eigenvalue weighted by Crippen LogP contribution is 2.28. The normalized spacial score (nSPS) is 10.4. The first-order valence-corrected chi connectivity index (χ1v) is 17.8. The van der Waals surface area contributed by atoms with Crippen LogP contribution in [0, 0.1) is 17.5 Å². The van der Waals surface area contributed by atoms with E-state index in [1.807, 2.05) is 6.07 Å². The Balaban J connectivity index is 0.000000218. The van der Waals surface area contributed by atoms with Crippen molar-refractivity contribution in [3.8, 4) is 0 Å². The lowest BCUT2D eigenvalue weighted by Gasteiger charge is -2.21. The monoisotopic (exact) mass is 812 g/mol. The molecule has 0 aliphatic carbocycles. The molecule has 2 aromatic heterocycles. The summed E-state index contributed by atoms with van der Waals surface area (Å²) >= 11 is 12.0. The molecule has 6 aromatic rings. The fraction of sp³-hybridized carbons (Fsp3) is 0.0952. The molecule has 0 aliphatic rings. The molecule has 6 rings (SSSR count). The zero-order valence-corrected chi connectivity index (χ0v) is 31.9. The van der Waals surface area contributed by atoms with Crippen molar-refractivity contribution in [1.29, 1.82) is 0 Å². The SMILES string of the molecule is CC(=O)N(c1cccc(F)c1)c1cc(NC(=O)Cc2ccc(F)cc2Cl)ccn1.CC(=O)N(c1cccc(F)c1)c1cc(NC(=O)Cc2ccccc2Cl)ccn1.